The Labute approximate surface area is 121 Å². The molecular weight excluding hydrogens is 279 g/mol. The Morgan fingerprint density at radius 1 is 1.14 bits per heavy atom. The highest BCUT2D eigenvalue weighted by Crippen LogP contribution is 2.29. The van der Waals surface area contributed by atoms with Gasteiger partial charge >= 0.3 is 6.18 Å². The lowest BCUT2D eigenvalue weighted by Crippen LogP contribution is -2.09. The Morgan fingerprint density at radius 3 is 2.33 bits per heavy atom. The summed E-state index contributed by atoms with van der Waals surface area (Å²) in [6.45, 7) is 5.42. The van der Waals surface area contributed by atoms with E-state index in [9.17, 15) is 13.2 Å². The van der Waals surface area contributed by atoms with E-state index < -0.39 is 11.7 Å². The van der Waals surface area contributed by atoms with Crippen LogP contribution in [0.5, 0.6) is 0 Å². The average molecular weight is 297 g/mol. The van der Waals surface area contributed by atoms with Crippen molar-refractivity contribution < 1.29 is 13.2 Å². The number of aromatic nitrogens is 2. The molecule has 0 spiro atoms. The number of anilines is 1. The summed E-state index contributed by atoms with van der Waals surface area (Å²) in [7, 11) is 0. The smallest absolute Gasteiger partial charge is 0.385 e. The lowest BCUT2D eigenvalue weighted by molar-refractivity contribution is -0.137. The van der Waals surface area contributed by atoms with Crippen LogP contribution in [-0.4, -0.2) is 16.3 Å². The molecule has 0 radical (unpaired) electrons. The number of rotatable bonds is 5. The number of hydrogen-bond acceptors (Lipinski definition) is 2. The molecule has 2 rings (SSSR count). The quantitative estimate of drug-likeness (QED) is 0.845. The van der Waals surface area contributed by atoms with Gasteiger partial charge in [-0.25, -0.2) is 0 Å². The monoisotopic (exact) mass is 297 g/mol. The summed E-state index contributed by atoms with van der Waals surface area (Å²) >= 11 is 0. The number of aryl methyl sites for hydroxylation is 3. The fourth-order valence-electron chi connectivity index (χ4n) is 2.14. The minimum Gasteiger partial charge on any atom is -0.385 e. The van der Waals surface area contributed by atoms with Crippen LogP contribution in [0, 0.1) is 13.8 Å². The van der Waals surface area contributed by atoms with Gasteiger partial charge in [-0.15, -0.1) is 0 Å². The van der Waals surface area contributed by atoms with E-state index in [0.29, 0.717) is 12.2 Å². The van der Waals surface area contributed by atoms with E-state index in [1.165, 1.54) is 12.1 Å². The molecule has 1 aromatic carbocycles. The SMILES string of the molecule is Cc1cc(C)n(CCCNc2ccc(C(F)(F)F)cc2)n1. The molecule has 0 aliphatic rings. The summed E-state index contributed by atoms with van der Waals surface area (Å²) in [4.78, 5) is 0. The zero-order valence-corrected chi connectivity index (χ0v) is 12.0. The predicted molar refractivity (Wildman–Crippen MR) is 76.3 cm³/mol. The number of halogens is 3. The minimum absolute atomic E-state index is 0.629. The van der Waals surface area contributed by atoms with Crippen LogP contribution in [-0.2, 0) is 12.7 Å². The van der Waals surface area contributed by atoms with Crippen molar-refractivity contribution >= 4 is 5.69 Å². The van der Waals surface area contributed by atoms with Gasteiger partial charge in [0.1, 0.15) is 0 Å². The molecule has 1 aromatic heterocycles. The predicted octanol–water partition coefficient (Wildman–Crippen LogP) is 4.02. The van der Waals surface area contributed by atoms with Gasteiger partial charge in [-0.3, -0.25) is 4.68 Å². The molecule has 0 aliphatic carbocycles. The summed E-state index contributed by atoms with van der Waals surface area (Å²) in [5, 5.41) is 7.47. The lowest BCUT2D eigenvalue weighted by atomic mass is 10.2. The van der Waals surface area contributed by atoms with E-state index in [1.54, 1.807) is 0 Å². The van der Waals surface area contributed by atoms with Crippen molar-refractivity contribution in [1.82, 2.24) is 9.78 Å². The van der Waals surface area contributed by atoms with Crippen molar-refractivity contribution in [3.05, 3.63) is 47.3 Å². The van der Waals surface area contributed by atoms with Crippen molar-refractivity contribution in [1.29, 1.82) is 0 Å². The van der Waals surface area contributed by atoms with Gasteiger partial charge in [0, 0.05) is 24.5 Å². The van der Waals surface area contributed by atoms with E-state index in [0.717, 1.165) is 36.5 Å². The number of benzene rings is 1. The van der Waals surface area contributed by atoms with Crippen molar-refractivity contribution in [2.24, 2.45) is 0 Å². The van der Waals surface area contributed by atoms with Crippen LogP contribution in [0.3, 0.4) is 0 Å². The zero-order valence-electron chi connectivity index (χ0n) is 12.0. The van der Waals surface area contributed by atoms with Gasteiger partial charge in [0.05, 0.1) is 11.3 Å². The number of hydrogen-bond donors (Lipinski definition) is 1. The van der Waals surface area contributed by atoms with Gasteiger partial charge < -0.3 is 5.32 Å². The Bertz CT molecular complexity index is 585. The van der Waals surface area contributed by atoms with Crippen LogP contribution in [0.2, 0.25) is 0 Å². The molecule has 0 fully saturated rings. The molecule has 3 nitrogen and oxygen atoms in total. The maximum Gasteiger partial charge on any atom is 0.416 e. The van der Waals surface area contributed by atoms with Crippen LogP contribution in [0.4, 0.5) is 18.9 Å². The number of alkyl halides is 3. The lowest BCUT2D eigenvalue weighted by Gasteiger charge is -2.10. The zero-order chi connectivity index (χ0) is 15.5. The van der Waals surface area contributed by atoms with Gasteiger partial charge in [-0.2, -0.15) is 18.3 Å². The first-order chi connectivity index (χ1) is 9.86. The van der Waals surface area contributed by atoms with Crippen LogP contribution in [0.1, 0.15) is 23.4 Å². The molecule has 1 N–H and O–H groups in total. The van der Waals surface area contributed by atoms with Crippen molar-refractivity contribution in [2.75, 3.05) is 11.9 Å². The maximum absolute atomic E-state index is 12.4. The van der Waals surface area contributed by atoms with Crippen LogP contribution in [0.25, 0.3) is 0 Å². The molecule has 0 bridgehead atoms. The summed E-state index contributed by atoms with van der Waals surface area (Å²) in [5.41, 5.74) is 2.16. The first-order valence-corrected chi connectivity index (χ1v) is 6.78. The normalized spacial score (nSPS) is 11.7. The molecular formula is C15H18F3N3. The molecule has 1 heterocycles. The molecule has 0 atom stereocenters. The molecule has 6 heteroatoms. The van der Waals surface area contributed by atoms with Gasteiger partial charge in [0.2, 0.25) is 0 Å². The first-order valence-electron chi connectivity index (χ1n) is 6.78. The second kappa shape index (κ2) is 6.20. The summed E-state index contributed by atoms with van der Waals surface area (Å²) in [6, 6.07) is 7.09. The molecule has 0 aliphatic heterocycles. The van der Waals surface area contributed by atoms with E-state index in [2.05, 4.69) is 10.4 Å². The van der Waals surface area contributed by atoms with Gasteiger partial charge in [-0.05, 0) is 50.6 Å². The summed E-state index contributed by atoms with van der Waals surface area (Å²) in [6.07, 6.45) is -3.43. The van der Waals surface area contributed by atoms with Crippen LogP contribution >= 0.6 is 0 Å². The van der Waals surface area contributed by atoms with E-state index in [-0.39, 0.29) is 0 Å². The highest BCUT2D eigenvalue weighted by Gasteiger charge is 2.29. The summed E-state index contributed by atoms with van der Waals surface area (Å²) in [5.74, 6) is 0. The Hall–Kier alpha value is -1.98. The van der Waals surface area contributed by atoms with Crippen LogP contribution < -0.4 is 5.32 Å². The second-order valence-corrected chi connectivity index (χ2v) is 5.01. The standard InChI is InChI=1S/C15H18F3N3/c1-11-10-12(2)21(20-11)9-3-8-19-14-6-4-13(5-7-14)15(16,17)18/h4-7,10,19H,3,8-9H2,1-2H3. The molecule has 0 saturated heterocycles. The average Bonchev–Trinajstić information content (AvgIpc) is 2.73. The second-order valence-electron chi connectivity index (χ2n) is 5.01. The molecule has 0 unspecified atom stereocenters. The van der Waals surface area contributed by atoms with Crippen LogP contribution in [0.15, 0.2) is 30.3 Å². The van der Waals surface area contributed by atoms with E-state index in [1.807, 2.05) is 24.6 Å². The first kappa shape index (κ1) is 15.4. The highest BCUT2D eigenvalue weighted by molar-refractivity contribution is 5.45. The fourth-order valence-corrected chi connectivity index (χ4v) is 2.14. The van der Waals surface area contributed by atoms with Gasteiger partial charge in [0.25, 0.3) is 0 Å². The Morgan fingerprint density at radius 2 is 1.81 bits per heavy atom. The van der Waals surface area contributed by atoms with Crippen molar-refractivity contribution in [3.63, 3.8) is 0 Å². The minimum atomic E-state index is -4.28. The molecule has 2 aromatic rings. The number of nitrogens with one attached hydrogen (secondary N) is 1. The van der Waals surface area contributed by atoms with Crippen molar-refractivity contribution in [2.45, 2.75) is 33.0 Å². The third kappa shape index (κ3) is 4.24. The Balaban J connectivity index is 1.80. The highest BCUT2D eigenvalue weighted by atomic mass is 19.4. The van der Waals surface area contributed by atoms with Gasteiger partial charge in [0.15, 0.2) is 0 Å². The maximum atomic E-state index is 12.4. The Kier molecular flexibility index (Phi) is 4.55. The fraction of sp³-hybridized carbons (Fsp3) is 0.400. The molecule has 0 amide bonds. The van der Waals surface area contributed by atoms with E-state index in [4.69, 9.17) is 0 Å². The topological polar surface area (TPSA) is 29.9 Å². The van der Waals surface area contributed by atoms with Gasteiger partial charge in [-0.1, -0.05) is 0 Å². The van der Waals surface area contributed by atoms with Crippen molar-refractivity contribution in [3.8, 4) is 0 Å². The largest absolute Gasteiger partial charge is 0.416 e. The molecule has 21 heavy (non-hydrogen) atoms. The molecule has 114 valence electrons. The third-order valence-corrected chi connectivity index (χ3v) is 3.19. The number of nitrogens with zero attached hydrogens (tertiary/aromatic N) is 2. The third-order valence-electron chi connectivity index (χ3n) is 3.19. The van der Waals surface area contributed by atoms with E-state index >= 15 is 0 Å². The summed E-state index contributed by atoms with van der Waals surface area (Å²) < 4.78 is 39.2. The molecule has 0 saturated carbocycles.